The zero-order valence-electron chi connectivity index (χ0n) is 12.1. The van der Waals surface area contributed by atoms with Crippen molar-refractivity contribution in [3.63, 3.8) is 0 Å². The fourth-order valence-corrected chi connectivity index (χ4v) is 4.63. The van der Waals surface area contributed by atoms with Crippen LogP contribution in [-0.2, 0) is 4.79 Å². The molecule has 0 fully saturated rings. The van der Waals surface area contributed by atoms with Crippen molar-refractivity contribution >= 4 is 67.9 Å². The number of hydrazone groups is 1. The number of hydrogen-bond acceptors (Lipinski definition) is 6. The molecule has 2 aromatic heterocycles. The van der Waals surface area contributed by atoms with Crippen molar-refractivity contribution < 1.29 is 4.79 Å². The average molecular weight is 382 g/mol. The highest BCUT2D eigenvalue weighted by molar-refractivity contribution is 8.01. The lowest BCUT2D eigenvalue weighted by atomic mass is 10.3. The van der Waals surface area contributed by atoms with E-state index in [1.54, 1.807) is 11.3 Å². The number of hydrogen-bond donors (Lipinski definition) is 1. The Bertz CT molecular complexity index is 839. The smallest absolute Gasteiger partial charge is 0.250 e. The molecule has 3 rings (SSSR count). The van der Waals surface area contributed by atoms with Gasteiger partial charge in [-0.2, -0.15) is 5.10 Å². The molecule has 0 aliphatic heterocycles. The van der Waals surface area contributed by atoms with Gasteiger partial charge in [-0.25, -0.2) is 10.4 Å². The van der Waals surface area contributed by atoms with Gasteiger partial charge in [0.05, 0.1) is 30.9 Å². The molecule has 0 saturated carbocycles. The first kappa shape index (κ1) is 16.4. The standard InChI is InChI=1S/C15H12ClN3OS3/c1-9(11-6-7-13(16)22-11)18-19-14(20)8-21-15-17-10-4-2-3-5-12(10)23-15/h2-7H,8H2,1H3,(H,19,20)/b18-9+. The van der Waals surface area contributed by atoms with Crippen LogP contribution in [-0.4, -0.2) is 22.4 Å². The molecule has 0 unspecified atom stereocenters. The number of fused-ring (bicyclic) bond motifs is 1. The van der Waals surface area contributed by atoms with Crippen LogP contribution in [0.3, 0.4) is 0 Å². The fourth-order valence-electron chi connectivity index (χ4n) is 1.78. The van der Waals surface area contributed by atoms with Crippen LogP contribution in [0.5, 0.6) is 0 Å². The lowest BCUT2D eigenvalue weighted by Gasteiger charge is -2.00. The number of thiophene rings is 1. The van der Waals surface area contributed by atoms with Crippen molar-refractivity contribution in [2.24, 2.45) is 5.10 Å². The Morgan fingerprint density at radius 3 is 2.87 bits per heavy atom. The molecule has 3 aromatic rings. The van der Waals surface area contributed by atoms with Gasteiger partial charge in [0.15, 0.2) is 4.34 Å². The maximum atomic E-state index is 11.9. The molecule has 1 N–H and O–H groups in total. The zero-order chi connectivity index (χ0) is 16.2. The van der Waals surface area contributed by atoms with E-state index in [4.69, 9.17) is 11.6 Å². The van der Waals surface area contributed by atoms with Crippen LogP contribution in [0.1, 0.15) is 11.8 Å². The number of carbonyl (C=O) groups excluding carboxylic acids is 1. The Hall–Kier alpha value is -1.41. The minimum absolute atomic E-state index is 0.156. The van der Waals surface area contributed by atoms with Crippen molar-refractivity contribution in [1.82, 2.24) is 10.4 Å². The van der Waals surface area contributed by atoms with Gasteiger partial charge in [0, 0.05) is 0 Å². The summed E-state index contributed by atoms with van der Waals surface area (Å²) in [5.74, 6) is 0.123. The van der Waals surface area contributed by atoms with Crippen LogP contribution < -0.4 is 5.43 Å². The minimum atomic E-state index is -0.156. The molecular weight excluding hydrogens is 370 g/mol. The molecule has 0 atom stereocenters. The van der Waals surface area contributed by atoms with Gasteiger partial charge in [-0.05, 0) is 31.2 Å². The highest BCUT2D eigenvalue weighted by Crippen LogP contribution is 2.29. The van der Waals surface area contributed by atoms with Gasteiger partial charge < -0.3 is 0 Å². The van der Waals surface area contributed by atoms with Crippen LogP contribution in [0.15, 0.2) is 45.8 Å². The van der Waals surface area contributed by atoms with E-state index < -0.39 is 0 Å². The number of amides is 1. The number of aromatic nitrogens is 1. The summed E-state index contributed by atoms with van der Waals surface area (Å²) in [6, 6.07) is 11.6. The van der Waals surface area contributed by atoms with E-state index >= 15 is 0 Å². The van der Waals surface area contributed by atoms with Gasteiger partial charge in [0.1, 0.15) is 0 Å². The van der Waals surface area contributed by atoms with Gasteiger partial charge in [-0.1, -0.05) is 35.5 Å². The summed E-state index contributed by atoms with van der Waals surface area (Å²) >= 11 is 10.3. The number of nitrogens with one attached hydrogen (secondary N) is 1. The van der Waals surface area contributed by atoms with Crippen molar-refractivity contribution in [1.29, 1.82) is 0 Å². The lowest BCUT2D eigenvalue weighted by molar-refractivity contribution is -0.118. The topological polar surface area (TPSA) is 54.4 Å². The highest BCUT2D eigenvalue weighted by atomic mass is 35.5. The molecule has 0 radical (unpaired) electrons. The first-order valence-electron chi connectivity index (χ1n) is 6.69. The minimum Gasteiger partial charge on any atom is -0.272 e. The number of thiazole rings is 1. The molecule has 0 aliphatic rings. The van der Waals surface area contributed by atoms with E-state index in [-0.39, 0.29) is 11.7 Å². The Labute approximate surface area is 150 Å². The van der Waals surface area contributed by atoms with E-state index in [0.29, 0.717) is 4.34 Å². The van der Waals surface area contributed by atoms with Crippen LogP contribution in [0.25, 0.3) is 10.2 Å². The van der Waals surface area contributed by atoms with E-state index in [1.807, 2.05) is 43.3 Å². The van der Waals surface area contributed by atoms with Crippen LogP contribution in [0.2, 0.25) is 4.34 Å². The summed E-state index contributed by atoms with van der Waals surface area (Å²) in [6.07, 6.45) is 0. The van der Waals surface area contributed by atoms with Crippen molar-refractivity contribution in [3.05, 3.63) is 45.6 Å². The SMILES string of the molecule is C/C(=N\NC(=O)CSc1nc2ccccc2s1)c1ccc(Cl)s1. The molecule has 23 heavy (non-hydrogen) atoms. The molecule has 1 aromatic carbocycles. The lowest BCUT2D eigenvalue weighted by Crippen LogP contribution is -2.20. The van der Waals surface area contributed by atoms with E-state index in [9.17, 15) is 4.79 Å². The summed E-state index contributed by atoms with van der Waals surface area (Å²) in [5, 5.41) is 4.10. The van der Waals surface area contributed by atoms with Gasteiger partial charge in [-0.15, -0.1) is 22.7 Å². The van der Waals surface area contributed by atoms with Crippen molar-refractivity contribution in [2.45, 2.75) is 11.3 Å². The van der Waals surface area contributed by atoms with Gasteiger partial charge in [0.25, 0.3) is 5.91 Å². The van der Waals surface area contributed by atoms with E-state index in [1.165, 1.54) is 23.1 Å². The number of benzene rings is 1. The van der Waals surface area contributed by atoms with Crippen molar-refractivity contribution in [2.75, 3.05) is 5.75 Å². The first-order chi connectivity index (χ1) is 11.1. The van der Waals surface area contributed by atoms with Gasteiger partial charge in [0.2, 0.25) is 0 Å². The van der Waals surface area contributed by atoms with Gasteiger partial charge in [-0.3, -0.25) is 4.79 Å². The molecule has 0 spiro atoms. The third kappa shape index (κ3) is 4.32. The molecule has 118 valence electrons. The molecule has 0 aliphatic carbocycles. The normalized spacial score (nSPS) is 11.8. The summed E-state index contributed by atoms with van der Waals surface area (Å²) in [7, 11) is 0. The third-order valence-corrected chi connectivity index (χ3v) is 6.40. The second-order valence-corrected chi connectivity index (χ2v) is 8.54. The highest BCUT2D eigenvalue weighted by Gasteiger charge is 2.08. The number of carbonyl (C=O) groups is 1. The van der Waals surface area contributed by atoms with E-state index in [2.05, 4.69) is 15.5 Å². The quantitative estimate of drug-likeness (QED) is 0.398. The van der Waals surface area contributed by atoms with E-state index in [0.717, 1.165) is 25.1 Å². The van der Waals surface area contributed by atoms with Crippen LogP contribution in [0.4, 0.5) is 0 Å². The zero-order valence-corrected chi connectivity index (χ0v) is 15.3. The second-order valence-electron chi connectivity index (χ2n) is 4.57. The Morgan fingerprint density at radius 2 is 2.13 bits per heavy atom. The predicted molar refractivity (Wildman–Crippen MR) is 100 cm³/mol. The number of rotatable bonds is 5. The first-order valence-corrected chi connectivity index (χ1v) is 9.68. The Morgan fingerprint density at radius 1 is 1.30 bits per heavy atom. The number of para-hydroxylation sites is 1. The number of thioether (sulfide) groups is 1. The molecule has 0 bridgehead atoms. The number of nitrogens with zero attached hydrogens (tertiary/aromatic N) is 2. The molecule has 2 heterocycles. The van der Waals surface area contributed by atoms with Crippen LogP contribution >= 0.6 is 46.0 Å². The molecular formula is C15H12ClN3OS3. The average Bonchev–Trinajstić information content (AvgIpc) is 3.16. The third-order valence-electron chi connectivity index (χ3n) is 2.88. The fraction of sp³-hybridized carbons (Fsp3) is 0.133. The maximum Gasteiger partial charge on any atom is 0.250 e. The monoisotopic (exact) mass is 381 g/mol. The molecule has 8 heteroatoms. The van der Waals surface area contributed by atoms with Gasteiger partial charge >= 0.3 is 0 Å². The van der Waals surface area contributed by atoms with Crippen molar-refractivity contribution in [3.8, 4) is 0 Å². The molecule has 0 saturated heterocycles. The largest absolute Gasteiger partial charge is 0.272 e. The number of halogens is 1. The maximum absolute atomic E-state index is 11.9. The van der Waals surface area contributed by atoms with Crippen LogP contribution in [0, 0.1) is 0 Å². The summed E-state index contributed by atoms with van der Waals surface area (Å²) in [6.45, 7) is 1.84. The molecule has 4 nitrogen and oxygen atoms in total. The molecule has 1 amide bonds. The summed E-state index contributed by atoms with van der Waals surface area (Å²) in [4.78, 5) is 17.3. The predicted octanol–water partition coefficient (Wildman–Crippen LogP) is 4.64. The summed E-state index contributed by atoms with van der Waals surface area (Å²) < 4.78 is 2.71. The summed E-state index contributed by atoms with van der Waals surface area (Å²) in [5.41, 5.74) is 4.26. The second kappa shape index (κ2) is 7.44. The Balaban J connectivity index is 1.55. The Kier molecular flexibility index (Phi) is 5.32.